The van der Waals surface area contributed by atoms with Gasteiger partial charge < -0.3 is 5.32 Å². The highest BCUT2D eigenvalue weighted by atomic mass is 15.3. The number of likely N-dealkylation sites (N-methyl/N-ethyl adjacent to an activating group) is 1. The van der Waals surface area contributed by atoms with Crippen molar-refractivity contribution in [2.24, 2.45) is 0 Å². The number of nitrogens with one attached hydrogen (secondary N) is 1. The minimum absolute atomic E-state index is 0.488. The third-order valence-electron chi connectivity index (χ3n) is 4.03. The van der Waals surface area contributed by atoms with Crippen LogP contribution in [-0.4, -0.2) is 23.4 Å². The Kier molecular flexibility index (Phi) is 5.57. The molecule has 0 radical (unpaired) electrons. The molecule has 2 aromatic rings. The van der Waals surface area contributed by atoms with Gasteiger partial charge in [0.1, 0.15) is 0 Å². The lowest BCUT2D eigenvalue weighted by molar-refractivity contribution is 0.562. The van der Waals surface area contributed by atoms with Crippen molar-refractivity contribution in [1.29, 1.82) is 0 Å². The van der Waals surface area contributed by atoms with Crippen molar-refractivity contribution < 1.29 is 0 Å². The molecule has 0 fully saturated rings. The van der Waals surface area contributed by atoms with Gasteiger partial charge in [-0.2, -0.15) is 5.10 Å². The van der Waals surface area contributed by atoms with E-state index in [2.05, 4.69) is 66.2 Å². The minimum Gasteiger partial charge on any atom is -0.319 e. The van der Waals surface area contributed by atoms with Crippen molar-refractivity contribution in [3.8, 4) is 0 Å². The van der Waals surface area contributed by atoms with Crippen LogP contribution in [0.15, 0.2) is 30.3 Å². The van der Waals surface area contributed by atoms with Crippen LogP contribution in [0.5, 0.6) is 0 Å². The number of aryl methyl sites for hydroxylation is 3. The molecule has 0 spiro atoms. The third-order valence-corrected chi connectivity index (χ3v) is 4.03. The lowest BCUT2D eigenvalue weighted by Crippen LogP contribution is -2.20. The van der Waals surface area contributed by atoms with Gasteiger partial charge in [0.2, 0.25) is 0 Å². The predicted molar refractivity (Wildman–Crippen MR) is 88.8 cm³/mol. The highest BCUT2D eigenvalue weighted by Gasteiger charge is 2.15. The first-order valence-corrected chi connectivity index (χ1v) is 7.94. The summed E-state index contributed by atoms with van der Waals surface area (Å²) < 4.78 is 2.15. The van der Waals surface area contributed by atoms with E-state index in [1.54, 1.807) is 0 Å². The Morgan fingerprint density at radius 3 is 2.48 bits per heavy atom. The molecular formula is C18H27N3. The molecule has 0 aliphatic heterocycles. The molecular weight excluding hydrogens is 258 g/mol. The first-order chi connectivity index (χ1) is 10.2. The molecule has 0 aliphatic carbocycles. The summed E-state index contributed by atoms with van der Waals surface area (Å²) in [5.41, 5.74) is 5.25. The quantitative estimate of drug-likeness (QED) is 0.846. The van der Waals surface area contributed by atoms with Crippen molar-refractivity contribution >= 4 is 0 Å². The zero-order chi connectivity index (χ0) is 15.2. The average molecular weight is 285 g/mol. The van der Waals surface area contributed by atoms with Crippen LogP contribution < -0.4 is 5.32 Å². The molecule has 3 nitrogen and oxygen atoms in total. The van der Waals surface area contributed by atoms with Crippen LogP contribution in [0.4, 0.5) is 0 Å². The van der Waals surface area contributed by atoms with Crippen LogP contribution in [0.1, 0.15) is 42.3 Å². The van der Waals surface area contributed by atoms with Crippen molar-refractivity contribution in [2.75, 3.05) is 13.6 Å². The number of nitrogens with zero attached hydrogens (tertiary/aromatic N) is 2. The third kappa shape index (κ3) is 3.94. The van der Waals surface area contributed by atoms with Gasteiger partial charge in [0.05, 0.1) is 5.69 Å². The molecule has 0 bridgehead atoms. The van der Waals surface area contributed by atoms with Crippen molar-refractivity contribution in [3.63, 3.8) is 0 Å². The van der Waals surface area contributed by atoms with Gasteiger partial charge in [-0.25, -0.2) is 0 Å². The second-order valence-corrected chi connectivity index (χ2v) is 5.67. The van der Waals surface area contributed by atoms with E-state index >= 15 is 0 Å². The summed E-state index contributed by atoms with van der Waals surface area (Å²) in [6.45, 7) is 8.39. The standard InChI is InChI=1S/C18H27N3/c1-5-17-12-18(21(6-2)20-17)11-16(13-19-4)15-9-7-14(3)8-10-15/h7-10,12,16,19H,5-6,11,13H2,1-4H3. The van der Waals surface area contributed by atoms with Crippen LogP contribution in [-0.2, 0) is 19.4 Å². The number of hydrogen-bond acceptors (Lipinski definition) is 2. The van der Waals surface area contributed by atoms with Crippen LogP contribution in [0, 0.1) is 6.92 Å². The van der Waals surface area contributed by atoms with Crippen molar-refractivity contribution in [3.05, 3.63) is 52.8 Å². The molecule has 1 unspecified atom stereocenters. The van der Waals surface area contributed by atoms with Gasteiger partial charge in [-0.05, 0) is 45.4 Å². The Hall–Kier alpha value is -1.61. The molecule has 0 amide bonds. The van der Waals surface area contributed by atoms with E-state index in [1.807, 2.05) is 7.05 Å². The Morgan fingerprint density at radius 1 is 1.19 bits per heavy atom. The molecule has 1 aromatic heterocycles. The summed E-state index contributed by atoms with van der Waals surface area (Å²) in [4.78, 5) is 0. The number of hydrogen-bond donors (Lipinski definition) is 1. The molecule has 0 saturated heterocycles. The monoisotopic (exact) mass is 285 g/mol. The summed E-state index contributed by atoms with van der Waals surface area (Å²) in [7, 11) is 2.02. The van der Waals surface area contributed by atoms with Crippen LogP contribution in [0.3, 0.4) is 0 Å². The summed E-state index contributed by atoms with van der Waals surface area (Å²) in [5, 5.41) is 7.99. The summed E-state index contributed by atoms with van der Waals surface area (Å²) >= 11 is 0. The molecule has 1 aromatic carbocycles. The van der Waals surface area contributed by atoms with Gasteiger partial charge in [0.25, 0.3) is 0 Å². The second-order valence-electron chi connectivity index (χ2n) is 5.67. The van der Waals surface area contributed by atoms with Gasteiger partial charge >= 0.3 is 0 Å². The van der Waals surface area contributed by atoms with Gasteiger partial charge in [0.15, 0.2) is 0 Å². The molecule has 1 N–H and O–H groups in total. The van der Waals surface area contributed by atoms with E-state index < -0.39 is 0 Å². The molecule has 1 heterocycles. The normalized spacial score (nSPS) is 12.6. The molecule has 3 heteroatoms. The maximum atomic E-state index is 4.66. The van der Waals surface area contributed by atoms with Gasteiger partial charge in [0, 0.05) is 24.7 Å². The van der Waals surface area contributed by atoms with Crippen LogP contribution >= 0.6 is 0 Å². The minimum atomic E-state index is 0.488. The fraction of sp³-hybridized carbons (Fsp3) is 0.500. The Bertz CT molecular complexity index is 554. The van der Waals surface area contributed by atoms with Crippen LogP contribution in [0.25, 0.3) is 0 Å². The molecule has 0 aliphatic rings. The van der Waals surface area contributed by atoms with E-state index in [9.17, 15) is 0 Å². The summed E-state index contributed by atoms with van der Waals surface area (Å²) in [5.74, 6) is 0.488. The zero-order valence-corrected chi connectivity index (χ0v) is 13.7. The van der Waals surface area contributed by atoms with Gasteiger partial charge in [-0.3, -0.25) is 4.68 Å². The fourth-order valence-electron chi connectivity index (χ4n) is 2.77. The number of rotatable bonds is 7. The van der Waals surface area contributed by atoms with Crippen LogP contribution in [0.2, 0.25) is 0 Å². The first kappa shape index (κ1) is 15.8. The van der Waals surface area contributed by atoms with E-state index in [0.29, 0.717) is 5.92 Å². The lowest BCUT2D eigenvalue weighted by Gasteiger charge is -2.18. The summed E-state index contributed by atoms with van der Waals surface area (Å²) in [6.07, 6.45) is 2.03. The van der Waals surface area contributed by atoms with E-state index in [4.69, 9.17) is 0 Å². The fourth-order valence-corrected chi connectivity index (χ4v) is 2.77. The SMILES string of the molecule is CCc1cc(CC(CNC)c2ccc(C)cc2)n(CC)n1. The Labute approximate surface area is 128 Å². The zero-order valence-electron chi connectivity index (χ0n) is 13.7. The molecule has 21 heavy (non-hydrogen) atoms. The van der Waals surface area contributed by atoms with E-state index in [1.165, 1.54) is 22.5 Å². The Morgan fingerprint density at radius 2 is 1.90 bits per heavy atom. The number of aromatic nitrogens is 2. The first-order valence-electron chi connectivity index (χ1n) is 7.94. The second kappa shape index (κ2) is 7.41. The number of benzene rings is 1. The van der Waals surface area contributed by atoms with E-state index in [0.717, 1.165) is 25.9 Å². The smallest absolute Gasteiger partial charge is 0.0624 e. The average Bonchev–Trinajstić information content (AvgIpc) is 2.90. The highest BCUT2D eigenvalue weighted by Crippen LogP contribution is 2.22. The van der Waals surface area contributed by atoms with Gasteiger partial charge in [-0.15, -0.1) is 0 Å². The molecule has 2 rings (SSSR count). The largest absolute Gasteiger partial charge is 0.319 e. The molecule has 114 valence electrons. The predicted octanol–water partition coefficient (Wildman–Crippen LogP) is 3.32. The van der Waals surface area contributed by atoms with Crippen molar-refractivity contribution in [2.45, 2.75) is 46.1 Å². The molecule has 1 atom stereocenters. The molecule has 0 saturated carbocycles. The van der Waals surface area contributed by atoms with E-state index in [-0.39, 0.29) is 0 Å². The topological polar surface area (TPSA) is 29.9 Å². The maximum absolute atomic E-state index is 4.66. The summed E-state index contributed by atoms with van der Waals surface area (Å²) in [6, 6.07) is 11.2. The van der Waals surface area contributed by atoms with Gasteiger partial charge in [-0.1, -0.05) is 36.8 Å². The maximum Gasteiger partial charge on any atom is 0.0624 e. The van der Waals surface area contributed by atoms with Crippen molar-refractivity contribution in [1.82, 2.24) is 15.1 Å². The highest BCUT2D eigenvalue weighted by molar-refractivity contribution is 5.26. The lowest BCUT2D eigenvalue weighted by atomic mass is 9.93. The Balaban J connectivity index is 2.23.